The summed E-state index contributed by atoms with van der Waals surface area (Å²) in [5.41, 5.74) is 1.73. The number of esters is 1. The van der Waals surface area contributed by atoms with E-state index in [4.69, 9.17) is 18.9 Å². The summed E-state index contributed by atoms with van der Waals surface area (Å²) in [6.07, 6.45) is -0.858. The molecule has 0 spiro atoms. The topological polar surface area (TPSA) is 135 Å². The molecular weight excluding hydrogens is 604 g/mol. The SMILES string of the molecule is COc1ccc(CO[C@@H](CCC[C@@H](OC(=O)c2ccc([N+](=O)[O-])cc2)[C@@H](C)C(=O)N2C(=O)O[C@@H](c3ccccc3)[C@H]2C)C(C)C)cc1. The molecule has 5 atom stereocenters. The summed E-state index contributed by atoms with van der Waals surface area (Å²) in [5.74, 6) is -1.17. The van der Waals surface area contributed by atoms with Gasteiger partial charge < -0.3 is 18.9 Å². The van der Waals surface area contributed by atoms with Crippen LogP contribution in [0.5, 0.6) is 5.75 Å². The number of benzene rings is 3. The second-order valence-electron chi connectivity index (χ2n) is 12.1. The first-order chi connectivity index (χ1) is 22.5. The summed E-state index contributed by atoms with van der Waals surface area (Å²) in [4.78, 5) is 51.7. The molecule has 0 aliphatic carbocycles. The number of hydrogen-bond acceptors (Lipinski definition) is 9. The molecule has 0 N–H and O–H groups in total. The second-order valence-corrected chi connectivity index (χ2v) is 12.1. The van der Waals surface area contributed by atoms with Gasteiger partial charge in [-0.15, -0.1) is 0 Å². The van der Waals surface area contributed by atoms with Crippen molar-refractivity contribution in [3.05, 3.63) is 106 Å². The molecule has 0 aromatic heterocycles. The molecule has 4 rings (SSSR count). The number of amides is 2. The minimum Gasteiger partial charge on any atom is -0.497 e. The van der Waals surface area contributed by atoms with Gasteiger partial charge in [0.15, 0.2) is 0 Å². The predicted molar refractivity (Wildman–Crippen MR) is 174 cm³/mol. The van der Waals surface area contributed by atoms with Gasteiger partial charge in [-0.25, -0.2) is 14.5 Å². The van der Waals surface area contributed by atoms with Gasteiger partial charge in [-0.05, 0) is 67.5 Å². The average Bonchev–Trinajstić information content (AvgIpc) is 3.38. The lowest BCUT2D eigenvalue weighted by atomic mass is 9.94. The molecule has 0 bridgehead atoms. The van der Waals surface area contributed by atoms with Crippen LogP contribution in [0.1, 0.15) is 74.5 Å². The van der Waals surface area contributed by atoms with Crippen LogP contribution in [0.25, 0.3) is 0 Å². The highest BCUT2D eigenvalue weighted by atomic mass is 16.6. The Labute approximate surface area is 274 Å². The molecule has 1 aliphatic heterocycles. The number of imide groups is 1. The van der Waals surface area contributed by atoms with Gasteiger partial charge in [0.1, 0.15) is 18.0 Å². The smallest absolute Gasteiger partial charge is 0.417 e. The maximum atomic E-state index is 13.9. The molecule has 11 nitrogen and oxygen atoms in total. The Kier molecular flexibility index (Phi) is 12.1. The van der Waals surface area contributed by atoms with Crippen LogP contribution < -0.4 is 4.74 Å². The van der Waals surface area contributed by atoms with Crippen molar-refractivity contribution in [1.82, 2.24) is 4.90 Å². The number of carbonyl (C=O) groups is 3. The van der Waals surface area contributed by atoms with Crippen molar-refractivity contribution in [3.63, 3.8) is 0 Å². The van der Waals surface area contributed by atoms with Crippen LogP contribution in [-0.2, 0) is 25.6 Å². The fourth-order valence-corrected chi connectivity index (χ4v) is 5.61. The molecule has 11 heteroatoms. The van der Waals surface area contributed by atoms with Crippen LogP contribution in [0.4, 0.5) is 10.5 Å². The van der Waals surface area contributed by atoms with Gasteiger partial charge in [0.05, 0.1) is 42.3 Å². The third kappa shape index (κ3) is 8.94. The number of carbonyl (C=O) groups excluding carboxylic acids is 3. The fourth-order valence-electron chi connectivity index (χ4n) is 5.61. The van der Waals surface area contributed by atoms with E-state index >= 15 is 0 Å². The van der Waals surface area contributed by atoms with E-state index in [1.54, 1.807) is 21.0 Å². The maximum Gasteiger partial charge on any atom is 0.417 e. The van der Waals surface area contributed by atoms with Crippen molar-refractivity contribution in [2.45, 2.75) is 77.9 Å². The molecule has 0 saturated carbocycles. The number of hydrogen-bond donors (Lipinski definition) is 0. The second kappa shape index (κ2) is 16.2. The Morgan fingerprint density at radius 3 is 2.17 bits per heavy atom. The van der Waals surface area contributed by atoms with E-state index in [0.29, 0.717) is 25.9 Å². The van der Waals surface area contributed by atoms with Gasteiger partial charge in [0, 0.05) is 12.1 Å². The minimum absolute atomic E-state index is 0.102. The number of nitro benzene ring substituents is 1. The van der Waals surface area contributed by atoms with Crippen LogP contribution in [0.2, 0.25) is 0 Å². The van der Waals surface area contributed by atoms with Crippen molar-refractivity contribution in [3.8, 4) is 5.75 Å². The number of rotatable bonds is 15. The summed E-state index contributed by atoms with van der Waals surface area (Å²) in [6.45, 7) is 7.93. The molecule has 3 aromatic carbocycles. The minimum atomic E-state index is -0.893. The molecule has 47 heavy (non-hydrogen) atoms. The van der Waals surface area contributed by atoms with Crippen LogP contribution in [-0.4, -0.2) is 53.2 Å². The van der Waals surface area contributed by atoms with Crippen molar-refractivity contribution >= 4 is 23.7 Å². The molecule has 1 fully saturated rings. The molecule has 1 aliphatic rings. The van der Waals surface area contributed by atoms with Crippen molar-refractivity contribution in [2.75, 3.05) is 7.11 Å². The molecule has 3 aromatic rings. The lowest BCUT2D eigenvalue weighted by Gasteiger charge is -2.28. The maximum absolute atomic E-state index is 13.9. The standard InChI is InChI=1S/C36H42N2O9/c1-23(2)31(45-22-26-14-20-30(44-5)21-15-26)12-9-13-32(46-35(40)28-16-18-29(19-17-28)38(42)43)24(3)34(39)37-25(4)33(47-36(37)41)27-10-7-6-8-11-27/h6-8,10-11,14-21,23-25,31-33H,9,12-13,22H2,1-5H3/t24-,25-,31+,32-,33-/m1/s1. The van der Waals surface area contributed by atoms with Gasteiger partial charge in [-0.3, -0.25) is 14.9 Å². The van der Waals surface area contributed by atoms with Crippen LogP contribution in [0.3, 0.4) is 0 Å². The number of nitro groups is 1. The van der Waals surface area contributed by atoms with E-state index in [1.807, 2.05) is 54.6 Å². The van der Waals surface area contributed by atoms with E-state index in [9.17, 15) is 24.5 Å². The third-order valence-electron chi connectivity index (χ3n) is 8.50. The Hall–Kier alpha value is -4.77. The summed E-state index contributed by atoms with van der Waals surface area (Å²) in [7, 11) is 1.62. The lowest BCUT2D eigenvalue weighted by molar-refractivity contribution is -0.384. The van der Waals surface area contributed by atoms with E-state index < -0.39 is 47.1 Å². The van der Waals surface area contributed by atoms with E-state index in [-0.39, 0.29) is 23.3 Å². The largest absolute Gasteiger partial charge is 0.497 e. The van der Waals surface area contributed by atoms with Gasteiger partial charge in [-0.2, -0.15) is 0 Å². The zero-order valence-corrected chi connectivity index (χ0v) is 27.4. The summed E-state index contributed by atoms with van der Waals surface area (Å²) in [5, 5.41) is 11.1. The highest BCUT2D eigenvalue weighted by molar-refractivity contribution is 5.95. The van der Waals surface area contributed by atoms with E-state index in [1.165, 1.54) is 24.3 Å². The van der Waals surface area contributed by atoms with Crippen LogP contribution in [0, 0.1) is 22.0 Å². The summed E-state index contributed by atoms with van der Waals surface area (Å²) >= 11 is 0. The highest BCUT2D eigenvalue weighted by Crippen LogP contribution is 2.34. The van der Waals surface area contributed by atoms with Gasteiger partial charge >= 0.3 is 12.1 Å². The van der Waals surface area contributed by atoms with Crippen LogP contribution in [0.15, 0.2) is 78.9 Å². The number of nitrogens with zero attached hydrogens (tertiary/aromatic N) is 2. The van der Waals surface area contributed by atoms with Crippen molar-refractivity contribution in [1.29, 1.82) is 0 Å². The Morgan fingerprint density at radius 1 is 0.936 bits per heavy atom. The molecule has 1 heterocycles. The molecular formula is C36H42N2O9. The Balaban J connectivity index is 1.47. The Bertz CT molecular complexity index is 1510. The van der Waals surface area contributed by atoms with Crippen molar-refractivity contribution < 1.29 is 38.3 Å². The molecule has 0 unspecified atom stereocenters. The fraction of sp³-hybridized carbons (Fsp3) is 0.417. The normalized spacial score (nSPS) is 17.9. The lowest BCUT2D eigenvalue weighted by Crippen LogP contribution is -2.45. The summed E-state index contributed by atoms with van der Waals surface area (Å²) < 4.78 is 23.0. The average molecular weight is 647 g/mol. The number of cyclic esters (lactones) is 1. The number of non-ortho nitro benzene ring substituents is 1. The zero-order chi connectivity index (χ0) is 34.1. The quantitative estimate of drug-likeness (QED) is 0.0948. The zero-order valence-electron chi connectivity index (χ0n) is 27.4. The highest BCUT2D eigenvalue weighted by Gasteiger charge is 2.46. The van der Waals surface area contributed by atoms with Gasteiger partial charge in [0.2, 0.25) is 5.91 Å². The van der Waals surface area contributed by atoms with Crippen molar-refractivity contribution in [2.24, 2.45) is 11.8 Å². The first-order valence-electron chi connectivity index (χ1n) is 15.8. The van der Waals surface area contributed by atoms with E-state index in [0.717, 1.165) is 21.8 Å². The first kappa shape index (κ1) is 35.1. The third-order valence-corrected chi connectivity index (χ3v) is 8.50. The predicted octanol–water partition coefficient (Wildman–Crippen LogP) is 7.29. The summed E-state index contributed by atoms with van der Waals surface area (Å²) in [6, 6.07) is 21.3. The molecule has 0 radical (unpaired) electrons. The monoisotopic (exact) mass is 646 g/mol. The number of methoxy groups -OCH3 is 1. The van der Waals surface area contributed by atoms with Gasteiger partial charge in [-0.1, -0.05) is 63.2 Å². The molecule has 2 amide bonds. The van der Waals surface area contributed by atoms with Crippen LogP contribution >= 0.6 is 0 Å². The van der Waals surface area contributed by atoms with E-state index in [2.05, 4.69) is 13.8 Å². The first-order valence-corrected chi connectivity index (χ1v) is 15.8. The molecule has 250 valence electrons. The number of ether oxygens (including phenoxy) is 4. The van der Waals surface area contributed by atoms with Gasteiger partial charge in [0.25, 0.3) is 5.69 Å². The molecule has 1 saturated heterocycles. The Morgan fingerprint density at radius 2 is 1.57 bits per heavy atom.